The molecule has 1 heterocycles. The maximum absolute atomic E-state index is 5.76. The van der Waals surface area contributed by atoms with Crippen molar-refractivity contribution in [2.24, 2.45) is 5.10 Å². The molecule has 0 unspecified atom stereocenters. The van der Waals surface area contributed by atoms with E-state index >= 15 is 0 Å². The van der Waals surface area contributed by atoms with Crippen LogP contribution in [0.3, 0.4) is 0 Å². The number of hydrogen-bond donors (Lipinski definition) is 1. The number of nitrogens with one attached hydrogen (secondary N) is 1. The first-order valence-electron chi connectivity index (χ1n) is 8.72. The SMILES string of the molecule is COc1ccc(/C=N\n2c(-c3cccc(OC(C)C)c3)n[nH]c2=S)cc1OC. The van der Waals surface area contributed by atoms with E-state index in [9.17, 15) is 0 Å². The molecule has 0 radical (unpaired) electrons. The van der Waals surface area contributed by atoms with Crippen molar-refractivity contribution in [3.05, 3.63) is 52.8 Å². The molecule has 0 atom stereocenters. The summed E-state index contributed by atoms with van der Waals surface area (Å²) in [5, 5.41) is 11.6. The van der Waals surface area contributed by atoms with E-state index in [0.717, 1.165) is 16.9 Å². The van der Waals surface area contributed by atoms with Crippen LogP contribution in [0.15, 0.2) is 47.6 Å². The smallest absolute Gasteiger partial charge is 0.216 e. The number of aromatic nitrogens is 3. The standard InChI is InChI=1S/C20H22N4O3S/c1-13(2)27-16-7-5-6-15(11-16)19-22-23-20(28)24(19)21-12-14-8-9-17(25-3)18(10-14)26-4/h5-13H,1-4H3,(H,23,28)/b21-12-. The molecule has 7 nitrogen and oxygen atoms in total. The van der Waals surface area contributed by atoms with Crippen LogP contribution in [0.25, 0.3) is 11.4 Å². The lowest BCUT2D eigenvalue weighted by Crippen LogP contribution is -2.05. The first-order valence-corrected chi connectivity index (χ1v) is 9.13. The Morgan fingerprint density at radius 2 is 1.89 bits per heavy atom. The topological polar surface area (TPSA) is 73.7 Å². The minimum atomic E-state index is 0.0825. The van der Waals surface area contributed by atoms with Crippen LogP contribution < -0.4 is 14.2 Å². The van der Waals surface area contributed by atoms with Gasteiger partial charge in [0.15, 0.2) is 17.3 Å². The fraction of sp³-hybridized carbons (Fsp3) is 0.250. The molecule has 0 amide bonds. The fourth-order valence-electron chi connectivity index (χ4n) is 2.62. The van der Waals surface area contributed by atoms with E-state index in [1.165, 1.54) is 0 Å². The summed E-state index contributed by atoms with van der Waals surface area (Å²) in [6.45, 7) is 3.96. The molecule has 0 saturated carbocycles. The maximum Gasteiger partial charge on any atom is 0.216 e. The number of aromatic amines is 1. The molecule has 0 aliphatic heterocycles. The lowest BCUT2D eigenvalue weighted by atomic mass is 10.2. The second-order valence-corrected chi connectivity index (χ2v) is 6.60. The predicted octanol–water partition coefficient (Wildman–Crippen LogP) is 4.29. The van der Waals surface area contributed by atoms with E-state index in [4.69, 9.17) is 26.4 Å². The molecular formula is C20H22N4O3S. The molecule has 0 aliphatic rings. The van der Waals surface area contributed by atoms with Crippen molar-refractivity contribution in [1.29, 1.82) is 0 Å². The third kappa shape index (κ3) is 4.40. The second-order valence-electron chi connectivity index (χ2n) is 6.22. The quantitative estimate of drug-likeness (QED) is 0.475. The molecule has 28 heavy (non-hydrogen) atoms. The van der Waals surface area contributed by atoms with Crippen LogP contribution in [0.2, 0.25) is 0 Å². The van der Waals surface area contributed by atoms with Gasteiger partial charge < -0.3 is 14.2 Å². The fourth-order valence-corrected chi connectivity index (χ4v) is 2.80. The molecule has 0 aliphatic carbocycles. The zero-order chi connectivity index (χ0) is 20.1. The van der Waals surface area contributed by atoms with E-state index in [1.807, 2.05) is 56.3 Å². The Morgan fingerprint density at radius 1 is 1.11 bits per heavy atom. The first kappa shape index (κ1) is 19.6. The number of ether oxygens (including phenoxy) is 3. The van der Waals surface area contributed by atoms with Crippen molar-refractivity contribution >= 4 is 18.4 Å². The lowest BCUT2D eigenvalue weighted by molar-refractivity contribution is 0.242. The van der Waals surface area contributed by atoms with E-state index in [2.05, 4.69) is 15.3 Å². The molecule has 0 spiro atoms. The molecule has 8 heteroatoms. The molecule has 3 rings (SSSR count). The van der Waals surface area contributed by atoms with Crippen LogP contribution in [0.5, 0.6) is 17.2 Å². The zero-order valence-corrected chi connectivity index (χ0v) is 17.0. The van der Waals surface area contributed by atoms with Gasteiger partial charge in [-0.1, -0.05) is 12.1 Å². The van der Waals surface area contributed by atoms with Gasteiger partial charge in [0.05, 0.1) is 26.5 Å². The van der Waals surface area contributed by atoms with Crippen molar-refractivity contribution in [1.82, 2.24) is 14.9 Å². The molecular weight excluding hydrogens is 376 g/mol. The van der Waals surface area contributed by atoms with Crippen molar-refractivity contribution in [3.63, 3.8) is 0 Å². The van der Waals surface area contributed by atoms with Gasteiger partial charge in [-0.3, -0.25) is 0 Å². The molecule has 146 valence electrons. The highest BCUT2D eigenvalue weighted by Gasteiger charge is 2.10. The van der Waals surface area contributed by atoms with E-state index in [1.54, 1.807) is 25.1 Å². The predicted molar refractivity (Wildman–Crippen MR) is 111 cm³/mol. The molecule has 1 N–H and O–H groups in total. The summed E-state index contributed by atoms with van der Waals surface area (Å²) >= 11 is 5.33. The number of rotatable bonds is 7. The minimum absolute atomic E-state index is 0.0825. The molecule has 3 aromatic rings. The second kappa shape index (κ2) is 8.71. The Morgan fingerprint density at radius 3 is 2.61 bits per heavy atom. The maximum atomic E-state index is 5.76. The van der Waals surface area contributed by atoms with Gasteiger partial charge in [-0.25, -0.2) is 5.10 Å². The average molecular weight is 398 g/mol. The summed E-state index contributed by atoms with van der Waals surface area (Å²) in [7, 11) is 3.19. The monoisotopic (exact) mass is 398 g/mol. The minimum Gasteiger partial charge on any atom is -0.493 e. The van der Waals surface area contributed by atoms with Gasteiger partial charge in [0.1, 0.15) is 5.75 Å². The van der Waals surface area contributed by atoms with Crippen LogP contribution in [0, 0.1) is 4.77 Å². The summed E-state index contributed by atoms with van der Waals surface area (Å²) in [5.41, 5.74) is 1.68. The normalized spacial score (nSPS) is 11.2. The van der Waals surface area contributed by atoms with Crippen molar-refractivity contribution < 1.29 is 14.2 Å². The molecule has 2 aromatic carbocycles. The lowest BCUT2D eigenvalue weighted by Gasteiger charge is -2.10. The zero-order valence-electron chi connectivity index (χ0n) is 16.2. The Labute approximate surface area is 168 Å². The van der Waals surface area contributed by atoms with Crippen molar-refractivity contribution in [2.75, 3.05) is 14.2 Å². The summed E-state index contributed by atoms with van der Waals surface area (Å²) in [6.07, 6.45) is 1.77. The van der Waals surface area contributed by atoms with Crippen LogP contribution in [0.4, 0.5) is 0 Å². The Hall–Kier alpha value is -3.13. The van der Waals surface area contributed by atoms with Gasteiger partial charge in [-0.15, -0.1) is 0 Å². The number of nitrogens with zero attached hydrogens (tertiary/aromatic N) is 3. The largest absolute Gasteiger partial charge is 0.493 e. The van der Waals surface area contributed by atoms with Gasteiger partial charge in [0.25, 0.3) is 0 Å². The van der Waals surface area contributed by atoms with Crippen LogP contribution >= 0.6 is 12.2 Å². The van der Waals surface area contributed by atoms with Crippen LogP contribution in [0.1, 0.15) is 19.4 Å². The van der Waals surface area contributed by atoms with Gasteiger partial charge in [0, 0.05) is 5.56 Å². The van der Waals surface area contributed by atoms with Gasteiger partial charge in [-0.05, 0) is 62.0 Å². The van der Waals surface area contributed by atoms with Gasteiger partial charge >= 0.3 is 0 Å². The third-order valence-corrected chi connectivity index (χ3v) is 4.11. The third-order valence-electron chi connectivity index (χ3n) is 3.84. The highest BCUT2D eigenvalue weighted by molar-refractivity contribution is 7.71. The van der Waals surface area contributed by atoms with E-state index in [-0.39, 0.29) is 6.10 Å². The first-order chi connectivity index (χ1) is 13.5. The van der Waals surface area contributed by atoms with E-state index < -0.39 is 0 Å². The molecule has 0 bridgehead atoms. The summed E-state index contributed by atoms with van der Waals surface area (Å²) in [4.78, 5) is 0. The van der Waals surface area contributed by atoms with Gasteiger partial charge in [0.2, 0.25) is 4.77 Å². The highest BCUT2D eigenvalue weighted by atomic mass is 32.1. The van der Waals surface area contributed by atoms with Crippen molar-refractivity contribution in [3.8, 4) is 28.6 Å². The number of hydrogen-bond acceptors (Lipinski definition) is 6. The number of methoxy groups -OCH3 is 2. The number of benzene rings is 2. The van der Waals surface area contributed by atoms with E-state index in [0.29, 0.717) is 22.1 Å². The van der Waals surface area contributed by atoms with Gasteiger partial charge in [-0.2, -0.15) is 14.9 Å². The summed E-state index contributed by atoms with van der Waals surface area (Å²) in [6, 6.07) is 13.2. The molecule has 0 fully saturated rings. The Balaban J connectivity index is 1.94. The summed E-state index contributed by atoms with van der Waals surface area (Å²) in [5.74, 6) is 2.64. The van der Waals surface area contributed by atoms with Crippen LogP contribution in [-0.2, 0) is 0 Å². The van der Waals surface area contributed by atoms with Crippen molar-refractivity contribution in [2.45, 2.75) is 20.0 Å². The molecule has 1 aromatic heterocycles. The Bertz CT molecular complexity index is 1040. The Kier molecular flexibility index (Phi) is 6.10. The molecule has 0 saturated heterocycles. The number of H-pyrrole nitrogens is 1. The average Bonchev–Trinajstić information content (AvgIpc) is 3.06. The summed E-state index contributed by atoms with van der Waals surface area (Å²) < 4.78 is 18.3. The highest BCUT2D eigenvalue weighted by Crippen LogP contribution is 2.27. The van der Waals surface area contributed by atoms with Crippen LogP contribution in [-0.4, -0.2) is 41.4 Å².